The van der Waals surface area contributed by atoms with Crippen LogP contribution in [0.4, 0.5) is 17.1 Å². The van der Waals surface area contributed by atoms with Crippen LogP contribution in [-0.2, 0) is 16.0 Å². The van der Waals surface area contributed by atoms with E-state index in [0.717, 1.165) is 0 Å². The second-order valence-corrected chi connectivity index (χ2v) is 8.26. The van der Waals surface area contributed by atoms with E-state index in [1.807, 2.05) is 0 Å². The molecule has 2 aromatic carbocycles. The van der Waals surface area contributed by atoms with Gasteiger partial charge in [-0.3, -0.25) is 19.7 Å². The van der Waals surface area contributed by atoms with Crippen LogP contribution in [0.2, 0.25) is 0 Å². The molecule has 9 nitrogen and oxygen atoms in total. The molecule has 2 amide bonds. The lowest BCUT2D eigenvalue weighted by Gasteiger charge is -2.29. The monoisotopic (exact) mass is 465 g/mol. The number of hydrogen-bond donors (Lipinski definition) is 1. The summed E-state index contributed by atoms with van der Waals surface area (Å²) in [6.45, 7) is -0.0352. The highest BCUT2D eigenvalue weighted by molar-refractivity contribution is 7.12. The van der Waals surface area contributed by atoms with Crippen LogP contribution >= 0.6 is 11.3 Å². The van der Waals surface area contributed by atoms with Gasteiger partial charge in [-0.05, 0) is 54.1 Å². The number of nitro groups is 1. The zero-order valence-electron chi connectivity index (χ0n) is 17.4. The summed E-state index contributed by atoms with van der Waals surface area (Å²) < 4.78 is 5.20. The van der Waals surface area contributed by atoms with E-state index in [-0.39, 0.29) is 17.2 Å². The molecule has 168 valence electrons. The van der Waals surface area contributed by atoms with E-state index >= 15 is 0 Å². The Labute approximate surface area is 192 Å². The quantitative estimate of drug-likeness (QED) is 0.333. The molecule has 0 atom stereocenters. The molecule has 33 heavy (non-hydrogen) atoms. The summed E-state index contributed by atoms with van der Waals surface area (Å²) in [6, 6.07) is 14.1. The molecule has 1 aliphatic rings. The van der Waals surface area contributed by atoms with Crippen LogP contribution in [0.5, 0.6) is 0 Å². The fourth-order valence-corrected chi connectivity index (χ4v) is 4.19. The van der Waals surface area contributed by atoms with Gasteiger partial charge >= 0.3 is 5.97 Å². The number of fused-ring (bicyclic) bond motifs is 1. The van der Waals surface area contributed by atoms with Gasteiger partial charge in [0, 0.05) is 30.1 Å². The normalized spacial score (nSPS) is 12.5. The van der Waals surface area contributed by atoms with E-state index in [0.29, 0.717) is 41.2 Å². The van der Waals surface area contributed by atoms with Crippen molar-refractivity contribution in [1.82, 2.24) is 0 Å². The third-order valence-electron chi connectivity index (χ3n) is 5.12. The maximum atomic E-state index is 12.7. The third kappa shape index (κ3) is 5.07. The molecule has 0 fully saturated rings. The number of aryl methyl sites for hydroxylation is 1. The number of nitrogens with zero attached hydrogens (tertiary/aromatic N) is 2. The SMILES string of the molecule is O=C(OCC(=O)N1CCCc2cc([N+](=O)[O-])ccc21)c1cccc(NC(=O)c2cccs2)c1. The van der Waals surface area contributed by atoms with Gasteiger partial charge in [-0.15, -0.1) is 11.3 Å². The zero-order valence-corrected chi connectivity index (χ0v) is 18.2. The van der Waals surface area contributed by atoms with Gasteiger partial charge in [0.25, 0.3) is 17.5 Å². The minimum absolute atomic E-state index is 0.0273. The lowest BCUT2D eigenvalue weighted by atomic mass is 10.0. The molecule has 2 heterocycles. The summed E-state index contributed by atoms with van der Waals surface area (Å²) in [4.78, 5) is 50.0. The second kappa shape index (κ2) is 9.61. The smallest absolute Gasteiger partial charge is 0.338 e. The summed E-state index contributed by atoms with van der Waals surface area (Å²) in [6.07, 6.45) is 1.28. The molecule has 1 aromatic heterocycles. The maximum Gasteiger partial charge on any atom is 0.338 e. The molecule has 0 unspecified atom stereocenters. The van der Waals surface area contributed by atoms with Gasteiger partial charge in [-0.25, -0.2) is 4.79 Å². The van der Waals surface area contributed by atoms with Crippen molar-refractivity contribution in [3.05, 3.63) is 86.1 Å². The largest absolute Gasteiger partial charge is 0.452 e. The Morgan fingerprint density at radius 2 is 1.97 bits per heavy atom. The van der Waals surface area contributed by atoms with Crippen molar-refractivity contribution in [2.45, 2.75) is 12.8 Å². The molecular formula is C23H19N3O6S. The van der Waals surface area contributed by atoms with Crippen molar-refractivity contribution in [3.63, 3.8) is 0 Å². The number of carbonyl (C=O) groups is 3. The molecule has 0 spiro atoms. The maximum absolute atomic E-state index is 12.7. The predicted molar refractivity (Wildman–Crippen MR) is 123 cm³/mol. The highest BCUT2D eigenvalue weighted by Gasteiger charge is 2.25. The molecule has 0 bridgehead atoms. The second-order valence-electron chi connectivity index (χ2n) is 7.31. The molecule has 3 aromatic rings. The lowest BCUT2D eigenvalue weighted by molar-refractivity contribution is -0.384. The van der Waals surface area contributed by atoms with Crippen molar-refractivity contribution in [2.75, 3.05) is 23.4 Å². The Kier molecular flexibility index (Phi) is 6.45. The Morgan fingerprint density at radius 1 is 1.12 bits per heavy atom. The molecule has 0 aliphatic carbocycles. The molecule has 0 radical (unpaired) electrons. The molecular weight excluding hydrogens is 446 g/mol. The van der Waals surface area contributed by atoms with Gasteiger partial charge in [-0.2, -0.15) is 0 Å². The van der Waals surface area contributed by atoms with E-state index in [9.17, 15) is 24.5 Å². The summed E-state index contributed by atoms with van der Waals surface area (Å²) in [5.41, 5.74) is 1.90. The molecule has 0 saturated heterocycles. The molecule has 1 aliphatic heterocycles. The number of esters is 1. The Balaban J connectivity index is 1.39. The van der Waals surface area contributed by atoms with Crippen LogP contribution in [0.25, 0.3) is 0 Å². The third-order valence-corrected chi connectivity index (χ3v) is 5.99. The van der Waals surface area contributed by atoms with E-state index in [2.05, 4.69) is 5.32 Å². The topological polar surface area (TPSA) is 119 Å². The van der Waals surface area contributed by atoms with Crippen molar-refractivity contribution in [2.24, 2.45) is 0 Å². The number of anilines is 2. The number of rotatable bonds is 6. The highest BCUT2D eigenvalue weighted by atomic mass is 32.1. The van der Waals surface area contributed by atoms with E-state index in [1.54, 1.807) is 35.7 Å². The van der Waals surface area contributed by atoms with E-state index in [4.69, 9.17) is 4.74 Å². The fourth-order valence-electron chi connectivity index (χ4n) is 3.57. The number of thiophene rings is 1. The molecule has 4 rings (SSSR count). The number of non-ortho nitro benzene ring substituents is 1. The Bertz CT molecular complexity index is 1220. The number of hydrogen-bond acceptors (Lipinski definition) is 7. The molecule has 1 N–H and O–H groups in total. The van der Waals surface area contributed by atoms with E-state index in [1.165, 1.54) is 40.5 Å². The van der Waals surface area contributed by atoms with Crippen molar-refractivity contribution < 1.29 is 24.0 Å². The molecule has 0 saturated carbocycles. The van der Waals surface area contributed by atoms with Crippen LogP contribution in [0.1, 0.15) is 32.0 Å². The Morgan fingerprint density at radius 3 is 2.73 bits per heavy atom. The van der Waals surface area contributed by atoms with Crippen molar-refractivity contribution in [3.8, 4) is 0 Å². The highest BCUT2D eigenvalue weighted by Crippen LogP contribution is 2.30. The fraction of sp³-hybridized carbons (Fsp3) is 0.174. The van der Waals surface area contributed by atoms with Crippen LogP contribution in [0, 0.1) is 10.1 Å². The standard InChI is InChI=1S/C23H19N3O6S/c27-21(25-10-2-5-15-13-18(26(30)31)8-9-19(15)25)14-32-23(29)16-4-1-6-17(12-16)24-22(28)20-7-3-11-33-20/h1,3-4,6-9,11-13H,2,5,10,14H2,(H,24,28). The first-order valence-electron chi connectivity index (χ1n) is 10.1. The predicted octanol–water partition coefficient (Wildman–Crippen LogP) is 4.04. The molecule has 10 heteroatoms. The van der Waals surface area contributed by atoms with Crippen molar-refractivity contribution >= 4 is 46.2 Å². The van der Waals surface area contributed by atoms with E-state index < -0.39 is 23.4 Å². The van der Waals surface area contributed by atoms with Crippen molar-refractivity contribution in [1.29, 1.82) is 0 Å². The van der Waals surface area contributed by atoms with Gasteiger partial charge in [0.05, 0.1) is 15.4 Å². The summed E-state index contributed by atoms with van der Waals surface area (Å²) in [5, 5.41) is 15.5. The average molecular weight is 465 g/mol. The zero-order chi connectivity index (χ0) is 23.4. The summed E-state index contributed by atoms with van der Waals surface area (Å²) >= 11 is 1.30. The first kappa shape index (κ1) is 22.2. The van der Waals surface area contributed by atoms with Crippen LogP contribution in [0.3, 0.4) is 0 Å². The average Bonchev–Trinajstić information content (AvgIpc) is 3.37. The number of carbonyl (C=O) groups excluding carboxylic acids is 3. The van der Waals surface area contributed by atoms with Crippen LogP contribution < -0.4 is 10.2 Å². The van der Waals surface area contributed by atoms with Crippen LogP contribution in [-0.4, -0.2) is 35.9 Å². The number of ether oxygens (including phenoxy) is 1. The summed E-state index contributed by atoms with van der Waals surface area (Å²) in [7, 11) is 0. The number of nitrogens with one attached hydrogen (secondary N) is 1. The van der Waals surface area contributed by atoms with Gasteiger partial charge in [0.1, 0.15) is 0 Å². The van der Waals surface area contributed by atoms with Gasteiger partial charge in [0.15, 0.2) is 6.61 Å². The number of nitro benzene ring substituents is 1. The Hall–Kier alpha value is -4.05. The minimum Gasteiger partial charge on any atom is -0.452 e. The summed E-state index contributed by atoms with van der Waals surface area (Å²) in [5.74, 6) is -1.40. The first-order valence-corrected chi connectivity index (χ1v) is 11.0. The van der Waals surface area contributed by atoms with Gasteiger partial charge < -0.3 is 15.0 Å². The first-order chi connectivity index (χ1) is 15.9. The van der Waals surface area contributed by atoms with Crippen LogP contribution in [0.15, 0.2) is 60.0 Å². The minimum atomic E-state index is -0.698. The number of amides is 2. The number of benzene rings is 2. The van der Waals surface area contributed by atoms with Gasteiger partial charge in [0.2, 0.25) is 0 Å². The van der Waals surface area contributed by atoms with Gasteiger partial charge in [-0.1, -0.05) is 12.1 Å². The lowest BCUT2D eigenvalue weighted by Crippen LogP contribution is -2.38.